The molecule has 1 aromatic carbocycles. The van der Waals surface area contributed by atoms with E-state index >= 15 is 0 Å². The van der Waals surface area contributed by atoms with E-state index in [1.165, 1.54) is 12.1 Å². The van der Waals surface area contributed by atoms with Crippen LogP contribution in [-0.2, 0) is 12.6 Å². The molecule has 0 atom stereocenters. The van der Waals surface area contributed by atoms with Gasteiger partial charge in [0, 0.05) is 0 Å². The predicted molar refractivity (Wildman–Crippen MR) is 78.1 cm³/mol. The van der Waals surface area contributed by atoms with Crippen LogP contribution in [0.5, 0.6) is 0 Å². The monoisotopic (exact) mass is 304 g/mol. The van der Waals surface area contributed by atoms with Crippen LogP contribution in [0.1, 0.15) is 38.8 Å². The van der Waals surface area contributed by atoms with Gasteiger partial charge in [-0.2, -0.15) is 13.2 Å². The fraction of sp³-hybridized carbons (Fsp3) is 0.600. The number of rotatable bonds is 5. The highest BCUT2D eigenvalue weighted by atomic mass is 28.4. The molecule has 1 nitrogen and oxygen atoms in total. The van der Waals surface area contributed by atoms with Gasteiger partial charge in [-0.25, -0.2) is 0 Å². The van der Waals surface area contributed by atoms with E-state index < -0.39 is 20.1 Å². The van der Waals surface area contributed by atoms with Crippen molar-refractivity contribution in [2.45, 2.75) is 57.4 Å². The Morgan fingerprint density at radius 3 is 1.80 bits per heavy atom. The minimum Gasteiger partial charge on any atom is -0.431 e. The van der Waals surface area contributed by atoms with Crippen LogP contribution in [0.25, 0.3) is 0 Å². The highest BCUT2D eigenvalue weighted by molar-refractivity contribution is 6.75. The van der Waals surface area contributed by atoms with Gasteiger partial charge in [0.2, 0.25) is 0 Å². The summed E-state index contributed by atoms with van der Waals surface area (Å²) < 4.78 is 37.4. The van der Waals surface area contributed by atoms with E-state index in [-0.39, 0.29) is 11.1 Å². The Morgan fingerprint density at radius 2 is 1.45 bits per heavy atom. The number of hydrogen-bond donors (Lipinski definition) is 1. The molecular weight excluding hydrogens is 281 g/mol. The first kappa shape index (κ1) is 17.2. The van der Waals surface area contributed by atoms with Crippen molar-refractivity contribution >= 4 is 8.32 Å². The summed E-state index contributed by atoms with van der Waals surface area (Å²) in [5, 5.41) is 0. The van der Waals surface area contributed by atoms with E-state index in [0.29, 0.717) is 12.5 Å². The summed E-state index contributed by atoms with van der Waals surface area (Å²) in [7, 11) is -2.36. The lowest BCUT2D eigenvalue weighted by Crippen LogP contribution is -2.41. The molecule has 0 heterocycles. The van der Waals surface area contributed by atoms with E-state index in [2.05, 4.69) is 0 Å². The van der Waals surface area contributed by atoms with Crippen LogP contribution in [-0.4, -0.2) is 13.1 Å². The Balaban J connectivity index is 2.75. The molecule has 0 unspecified atom stereocenters. The van der Waals surface area contributed by atoms with E-state index in [0.717, 1.165) is 17.7 Å². The highest BCUT2D eigenvalue weighted by Crippen LogP contribution is 2.34. The maximum Gasteiger partial charge on any atom is 0.416 e. The van der Waals surface area contributed by atoms with Crippen molar-refractivity contribution in [3.63, 3.8) is 0 Å². The Morgan fingerprint density at radius 1 is 1.00 bits per heavy atom. The summed E-state index contributed by atoms with van der Waals surface area (Å²) in [6, 6.07) is 5.94. The van der Waals surface area contributed by atoms with Gasteiger partial charge in [-0.3, -0.25) is 0 Å². The second kappa shape index (κ2) is 6.31. The molecule has 114 valence electrons. The molecular formula is C15H23F3OSi. The Bertz CT molecular complexity index is 416. The van der Waals surface area contributed by atoms with Gasteiger partial charge < -0.3 is 4.80 Å². The van der Waals surface area contributed by atoms with Gasteiger partial charge in [-0.15, -0.1) is 0 Å². The number of hydrogen-bond acceptors (Lipinski definition) is 1. The van der Waals surface area contributed by atoms with Crippen molar-refractivity contribution in [2.75, 3.05) is 0 Å². The summed E-state index contributed by atoms with van der Waals surface area (Å²) in [6.45, 7) is 8.11. The lowest BCUT2D eigenvalue weighted by atomic mass is 10.1. The fourth-order valence-corrected chi connectivity index (χ4v) is 5.63. The molecule has 0 fully saturated rings. The van der Waals surface area contributed by atoms with E-state index in [1.807, 2.05) is 27.7 Å². The second-order valence-corrected chi connectivity index (χ2v) is 10.8. The van der Waals surface area contributed by atoms with Gasteiger partial charge in [0.05, 0.1) is 5.56 Å². The van der Waals surface area contributed by atoms with Crippen molar-refractivity contribution in [3.05, 3.63) is 35.4 Å². The summed E-state index contributed by atoms with van der Waals surface area (Å²) >= 11 is 0. The summed E-state index contributed by atoms with van der Waals surface area (Å²) in [6.07, 6.45) is -3.65. The quantitative estimate of drug-likeness (QED) is 0.758. The molecule has 0 aliphatic heterocycles. The van der Waals surface area contributed by atoms with Crippen LogP contribution >= 0.6 is 0 Å². The minimum absolute atomic E-state index is 0.247. The van der Waals surface area contributed by atoms with Crippen molar-refractivity contribution in [1.82, 2.24) is 0 Å². The SMILES string of the molecule is CC(C)[Si](O)(CCc1ccc(C(F)(F)F)cc1)C(C)C. The van der Waals surface area contributed by atoms with E-state index in [1.54, 1.807) is 0 Å². The molecule has 1 N–H and O–H groups in total. The molecule has 0 amide bonds. The number of benzene rings is 1. The first-order valence-electron chi connectivity index (χ1n) is 6.96. The number of alkyl halides is 3. The maximum absolute atomic E-state index is 12.5. The molecule has 0 saturated carbocycles. The molecule has 5 heteroatoms. The molecule has 0 radical (unpaired) electrons. The lowest BCUT2D eigenvalue weighted by molar-refractivity contribution is -0.137. The smallest absolute Gasteiger partial charge is 0.416 e. The lowest BCUT2D eigenvalue weighted by Gasteiger charge is -2.33. The van der Waals surface area contributed by atoms with Crippen LogP contribution in [0.2, 0.25) is 17.1 Å². The van der Waals surface area contributed by atoms with Gasteiger partial charge in [-0.05, 0) is 41.2 Å². The van der Waals surface area contributed by atoms with Gasteiger partial charge in [0.25, 0.3) is 0 Å². The van der Waals surface area contributed by atoms with Gasteiger partial charge in [0.1, 0.15) is 0 Å². The highest BCUT2D eigenvalue weighted by Gasteiger charge is 2.37. The Kier molecular flexibility index (Phi) is 5.44. The normalized spacial score (nSPS) is 13.3. The molecule has 0 aliphatic rings. The number of halogens is 3. The summed E-state index contributed by atoms with van der Waals surface area (Å²) in [5.41, 5.74) is 0.723. The molecule has 0 aliphatic carbocycles. The van der Waals surface area contributed by atoms with Crippen molar-refractivity contribution in [3.8, 4) is 0 Å². The average Bonchev–Trinajstić information content (AvgIpc) is 2.34. The van der Waals surface area contributed by atoms with E-state index in [4.69, 9.17) is 0 Å². The number of aryl methyl sites for hydroxylation is 1. The molecule has 0 aromatic heterocycles. The third-order valence-electron chi connectivity index (χ3n) is 4.09. The van der Waals surface area contributed by atoms with Crippen LogP contribution in [0.15, 0.2) is 24.3 Å². The van der Waals surface area contributed by atoms with Crippen molar-refractivity contribution in [2.24, 2.45) is 0 Å². The minimum atomic E-state index is -4.29. The molecule has 1 aromatic rings. The zero-order chi connectivity index (χ0) is 15.6. The first-order chi connectivity index (χ1) is 9.07. The van der Waals surface area contributed by atoms with Crippen molar-refractivity contribution in [1.29, 1.82) is 0 Å². The zero-order valence-corrected chi connectivity index (χ0v) is 13.5. The van der Waals surface area contributed by atoms with Crippen LogP contribution in [0.3, 0.4) is 0 Å². The molecule has 0 bridgehead atoms. The van der Waals surface area contributed by atoms with Crippen LogP contribution in [0.4, 0.5) is 13.2 Å². The summed E-state index contributed by atoms with van der Waals surface area (Å²) in [5.74, 6) is 0. The maximum atomic E-state index is 12.5. The fourth-order valence-electron chi connectivity index (χ4n) is 2.45. The van der Waals surface area contributed by atoms with Gasteiger partial charge in [0.15, 0.2) is 8.32 Å². The van der Waals surface area contributed by atoms with Crippen molar-refractivity contribution < 1.29 is 18.0 Å². The standard InChI is InChI=1S/C15H23F3OSi/c1-11(2)20(19,12(3)4)10-9-13-5-7-14(8-6-13)15(16,17)18/h5-8,11-12,19H,9-10H2,1-4H3. The Labute approximate surface area is 120 Å². The third-order valence-corrected chi connectivity index (χ3v) is 9.15. The molecule has 0 spiro atoms. The third kappa shape index (κ3) is 4.09. The van der Waals surface area contributed by atoms with Gasteiger partial charge in [-0.1, -0.05) is 39.8 Å². The molecule has 0 saturated heterocycles. The second-order valence-electron chi connectivity index (χ2n) is 6.00. The average molecular weight is 304 g/mol. The van der Waals surface area contributed by atoms with Gasteiger partial charge >= 0.3 is 6.18 Å². The van der Waals surface area contributed by atoms with Crippen LogP contribution in [0, 0.1) is 0 Å². The predicted octanol–water partition coefficient (Wildman–Crippen LogP) is 5.01. The first-order valence-corrected chi connectivity index (χ1v) is 9.26. The summed E-state index contributed by atoms with van der Waals surface area (Å²) in [4.78, 5) is 10.8. The molecule has 1 rings (SSSR count). The Hall–Kier alpha value is -0.813. The molecule has 20 heavy (non-hydrogen) atoms. The largest absolute Gasteiger partial charge is 0.431 e. The van der Waals surface area contributed by atoms with E-state index in [9.17, 15) is 18.0 Å². The topological polar surface area (TPSA) is 20.2 Å². The zero-order valence-electron chi connectivity index (χ0n) is 12.5. The van der Waals surface area contributed by atoms with Crippen LogP contribution < -0.4 is 0 Å².